The molecule has 104 valence electrons. The van der Waals surface area contributed by atoms with Gasteiger partial charge in [-0.2, -0.15) is 0 Å². The fraction of sp³-hybridized carbons (Fsp3) is 0.667. The number of amidine groups is 1. The Bertz CT molecular complexity index is 460. The van der Waals surface area contributed by atoms with Gasteiger partial charge in [-0.05, 0) is 37.3 Å². The Morgan fingerprint density at radius 3 is 2.79 bits per heavy atom. The lowest BCUT2D eigenvalue weighted by molar-refractivity contribution is 0.232. The minimum absolute atomic E-state index is 0.509. The predicted molar refractivity (Wildman–Crippen MR) is 80.6 cm³/mol. The van der Waals surface area contributed by atoms with Crippen molar-refractivity contribution >= 4 is 16.9 Å². The second-order valence-corrected chi connectivity index (χ2v) is 6.80. The number of rotatable bonds is 2. The summed E-state index contributed by atoms with van der Waals surface area (Å²) in [7, 11) is 0. The van der Waals surface area contributed by atoms with E-state index in [1.54, 1.807) is 0 Å². The fourth-order valence-electron chi connectivity index (χ4n) is 3.01. The first-order valence-electron chi connectivity index (χ1n) is 7.22. The first-order chi connectivity index (χ1) is 9.26. The van der Waals surface area contributed by atoms with Crippen LogP contribution in [-0.4, -0.2) is 17.5 Å². The van der Waals surface area contributed by atoms with Crippen molar-refractivity contribution in [2.75, 3.05) is 12.3 Å². The normalized spacial score (nSPS) is 22.3. The number of thioether (sulfide) groups is 1. The Hall–Kier alpha value is -0.900. The van der Waals surface area contributed by atoms with Gasteiger partial charge in [0.25, 0.3) is 0 Å². The fourth-order valence-corrected chi connectivity index (χ4v) is 4.16. The smallest absolute Gasteiger partial charge is 0.156 e. The second-order valence-electron chi connectivity index (χ2n) is 5.84. The van der Waals surface area contributed by atoms with Crippen molar-refractivity contribution in [3.05, 3.63) is 23.7 Å². The molecule has 0 amide bonds. The van der Waals surface area contributed by atoms with Crippen LogP contribution in [0.15, 0.2) is 21.5 Å². The molecular weight excluding hydrogens is 256 g/mol. The maximum absolute atomic E-state index is 5.56. The molecule has 19 heavy (non-hydrogen) atoms. The van der Waals surface area contributed by atoms with E-state index < -0.39 is 0 Å². The van der Waals surface area contributed by atoms with Crippen molar-refractivity contribution in [1.29, 1.82) is 0 Å². The Morgan fingerprint density at radius 2 is 2.16 bits per heavy atom. The molecule has 3 rings (SSSR count). The average molecular weight is 278 g/mol. The molecule has 3 nitrogen and oxygen atoms in total. The first kappa shape index (κ1) is 13.1. The van der Waals surface area contributed by atoms with E-state index in [1.165, 1.54) is 37.9 Å². The molecule has 1 aliphatic heterocycles. The Balaban J connectivity index is 1.53. The van der Waals surface area contributed by atoms with Crippen LogP contribution in [-0.2, 0) is 6.54 Å². The van der Waals surface area contributed by atoms with Crippen molar-refractivity contribution in [2.45, 2.75) is 45.6 Å². The van der Waals surface area contributed by atoms with E-state index in [-0.39, 0.29) is 0 Å². The minimum atomic E-state index is 0.509. The van der Waals surface area contributed by atoms with Gasteiger partial charge in [0.1, 0.15) is 11.5 Å². The van der Waals surface area contributed by atoms with Crippen LogP contribution in [0.2, 0.25) is 0 Å². The van der Waals surface area contributed by atoms with Crippen LogP contribution >= 0.6 is 11.8 Å². The Morgan fingerprint density at radius 1 is 1.32 bits per heavy atom. The second kappa shape index (κ2) is 5.61. The third-order valence-corrected chi connectivity index (χ3v) is 5.50. The van der Waals surface area contributed by atoms with Gasteiger partial charge in [-0.3, -0.25) is 4.99 Å². The van der Waals surface area contributed by atoms with E-state index in [1.807, 2.05) is 30.8 Å². The summed E-state index contributed by atoms with van der Waals surface area (Å²) in [4.78, 5) is 4.76. The van der Waals surface area contributed by atoms with Crippen LogP contribution < -0.4 is 5.32 Å². The molecule has 1 aromatic rings. The van der Waals surface area contributed by atoms with Crippen LogP contribution in [0.5, 0.6) is 0 Å². The number of nitrogens with one attached hydrogen (secondary N) is 1. The zero-order valence-corrected chi connectivity index (χ0v) is 12.4. The largest absolute Gasteiger partial charge is 0.465 e. The lowest BCUT2D eigenvalue weighted by Gasteiger charge is -2.38. The SMILES string of the molecule is Cc1ccc(CNC2=NCC3(CCCCC3)CS2)o1. The maximum atomic E-state index is 5.56. The highest BCUT2D eigenvalue weighted by Crippen LogP contribution is 2.41. The summed E-state index contributed by atoms with van der Waals surface area (Å²) in [6.45, 7) is 3.73. The van der Waals surface area contributed by atoms with Crippen LogP contribution in [0.3, 0.4) is 0 Å². The van der Waals surface area contributed by atoms with E-state index in [4.69, 9.17) is 9.41 Å². The van der Waals surface area contributed by atoms with E-state index in [0.29, 0.717) is 5.41 Å². The molecule has 1 aliphatic carbocycles. The minimum Gasteiger partial charge on any atom is -0.465 e. The molecule has 0 radical (unpaired) electrons. The topological polar surface area (TPSA) is 37.5 Å². The van der Waals surface area contributed by atoms with Gasteiger partial charge in [0.05, 0.1) is 6.54 Å². The molecule has 1 aromatic heterocycles. The summed E-state index contributed by atoms with van der Waals surface area (Å²) < 4.78 is 5.56. The Labute approximate surface area is 119 Å². The molecule has 0 saturated heterocycles. The van der Waals surface area contributed by atoms with Gasteiger partial charge < -0.3 is 9.73 Å². The standard InChI is InChI=1S/C15H22N2OS/c1-12-5-6-13(18-12)9-16-14-17-10-15(11-19-14)7-3-2-4-8-15/h5-6H,2-4,7-11H2,1H3,(H,16,17). The molecule has 1 N–H and O–H groups in total. The molecule has 1 fully saturated rings. The lowest BCUT2D eigenvalue weighted by atomic mass is 9.75. The zero-order valence-electron chi connectivity index (χ0n) is 11.6. The van der Waals surface area contributed by atoms with Gasteiger partial charge in [-0.1, -0.05) is 31.0 Å². The quantitative estimate of drug-likeness (QED) is 0.895. The average Bonchev–Trinajstić information content (AvgIpc) is 2.85. The van der Waals surface area contributed by atoms with Crippen molar-refractivity contribution in [3.8, 4) is 0 Å². The summed E-state index contributed by atoms with van der Waals surface area (Å²) in [6.07, 6.45) is 6.94. The van der Waals surface area contributed by atoms with Gasteiger partial charge >= 0.3 is 0 Å². The Kier molecular flexibility index (Phi) is 3.87. The highest BCUT2D eigenvalue weighted by molar-refractivity contribution is 8.13. The van der Waals surface area contributed by atoms with Crippen molar-refractivity contribution in [1.82, 2.24) is 5.32 Å². The number of furan rings is 1. The lowest BCUT2D eigenvalue weighted by Crippen LogP contribution is -2.36. The summed E-state index contributed by atoms with van der Waals surface area (Å²) in [5.41, 5.74) is 0.509. The summed E-state index contributed by atoms with van der Waals surface area (Å²) in [5.74, 6) is 3.19. The number of hydrogen-bond donors (Lipinski definition) is 1. The van der Waals surface area contributed by atoms with E-state index in [9.17, 15) is 0 Å². The van der Waals surface area contributed by atoms with Crippen molar-refractivity contribution in [2.24, 2.45) is 10.4 Å². The van der Waals surface area contributed by atoms with E-state index >= 15 is 0 Å². The third-order valence-electron chi connectivity index (χ3n) is 4.20. The van der Waals surface area contributed by atoms with Crippen molar-refractivity contribution in [3.63, 3.8) is 0 Å². The van der Waals surface area contributed by atoms with Crippen LogP contribution in [0.25, 0.3) is 0 Å². The van der Waals surface area contributed by atoms with E-state index in [2.05, 4.69) is 5.32 Å². The zero-order chi connectivity index (χ0) is 13.1. The molecule has 0 unspecified atom stereocenters. The maximum Gasteiger partial charge on any atom is 0.156 e. The van der Waals surface area contributed by atoms with Gasteiger partial charge in [0.15, 0.2) is 5.17 Å². The summed E-state index contributed by atoms with van der Waals surface area (Å²) in [5, 5.41) is 4.48. The highest BCUT2D eigenvalue weighted by Gasteiger charge is 2.34. The summed E-state index contributed by atoms with van der Waals surface area (Å²) in [6, 6.07) is 4.03. The number of hydrogen-bond acceptors (Lipinski definition) is 4. The van der Waals surface area contributed by atoms with Gasteiger partial charge in [-0.15, -0.1) is 0 Å². The number of nitrogens with zero attached hydrogens (tertiary/aromatic N) is 1. The molecule has 0 aromatic carbocycles. The van der Waals surface area contributed by atoms with E-state index in [0.717, 1.165) is 29.8 Å². The molecule has 0 atom stereocenters. The number of aryl methyl sites for hydroxylation is 1. The van der Waals surface area contributed by atoms with Gasteiger partial charge in [0.2, 0.25) is 0 Å². The first-order valence-corrected chi connectivity index (χ1v) is 8.21. The van der Waals surface area contributed by atoms with Crippen LogP contribution in [0.4, 0.5) is 0 Å². The third kappa shape index (κ3) is 3.16. The van der Waals surface area contributed by atoms with Crippen molar-refractivity contribution < 1.29 is 4.42 Å². The van der Waals surface area contributed by atoms with Gasteiger partial charge in [-0.25, -0.2) is 0 Å². The molecule has 2 heterocycles. The highest BCUT2D eigenvalue weighted by atomic mass is 32.2. The molecule has 0 bridgehead atoms. The molecule has 1 spiro atoms. The predicted octanol–water partition coefficient (Wildman–Crippen LogP) is 3.73. The van der Waals surface area contributed by atoms with Crippen LogP contribution in [0, 0.1) is 12.3 Å². The molecular formula is C15H22N2OS. The number of aliphatic imine (C=N–C) groups is 1. The molecule has 1 saturated carbocycles. The summed E-state index contributed by atoms with van der Waals surface area (Å²) >= 11 is 1.89. The monoisotopic (exact) mass is 278 g/mol. The molecule has 2 aliphatic rings. The van der Waals surface area contributed by atoms with Gasteiger partial charge in [0, 0.05) is 12.3 Å². The molecule has 4 heteroatoms. The van der Waals surface area contributed by atoms with Crippen LogP contribution in [0.1, 0.15) is 43.6 Å².